The van der Waals surface area contributed by atoms with Gasteiger partial charge in [-0.15, -0.1) is 0 Å². The average molecular weight is 242 g/mol. The quantitative estimate of drug-likeness (QED) is 0.508. The second kappa shape index (κ2) is 2.80. The van der Waals surface area contributed by atoms with Crippen LogP contribution in [0.4, 0.5) is 13.2 Å². The topological polar surface area (TPSA) is 12.0 Å². The molecular weight excluding hydrogens is 235 g/mol. The Hall–Kier alpha value is -0.450. The zero-order valence-corrected chi connectivity index (χ0v) is 7.83. The molecule has 0 radical (unpaired) electrons. The monoisotopic (exact) mass is 241 g/mol. The van der Waals surface area contributed by atoms with E-state index in [1.807, 2.05) is 0 Å². The van der Waals surface area contributed by atoms with Crippen molar-refractivity contribution >= 4 is 15.9 Å². The van der Waals surface area contributed by atoms with Crippen LogP contribution in [-0.4, -0.2) is 10.6 Å². The molecule has 0 aromatic carbocycles. The highest BCUT2D eigenvalue weighted by molar-refractivity contribution is 9.10. The minimum Gasteiger partial charge on any atom is -0.366 e. The Bertz CT molecular complexity index is 244. The van der Waals surface area contributed by atoms with Crippen LogP contribution in [0.2, 0.25) is 0 Å². The molecule has 0 aliphatic carbocycles. The molecule has 0 bridgehead atoms. The van der Waals surface area contributed by atoms with Crippen LogP contribution in [0.3, 0.4) is 0 Å². The fourth-order valence-electron chi connectivity index (χ4n) is 0.862. The number of hydrogen-bond donors (Lipinski definition) is 1. The molecule has 0 amide bonds. The average Bonchev–Trinajstić information content (AvgIpc) is 1.83. The Morgan fingerprint density at radius 3 is 2.42 bits per heavy atom. The number of hydrogen-bond acceptors (Lipinski definition) is 1. The molecule has 1 N–H and O–H groups in total. The van der Waals surface area contributed by atoms with E-state index in [4.69, 9.17) is 0 Å². The molecule has 0 saturated heterocycles. The third kappa shape index (κ3) is 1.65. The molecule has 1 nitrogen and oxygen atoms in total. The molecule has 1 atom stereocenters. The lowest BCUT2D eigenvalue weighted by atomic mass is 10.1. The maximum atomic E-state index is 12.3. The Morgan fingerprint density at radius 1 is 1.50 bits per heavy atom. The van der Waals surface area contributed by atoms with Crippen molar-refractivity contribution in [2.24, 2.45) is 0 Å². The molecule has 1 aliphatic heterocycles. The molecule has 12 heavy (non-hydrogen) atoms. The molecule has 1 unspecified atom stereocenters. The van der Waals surface area contributed by atoms with Crippen LogP contribution >= 0.6 is 15.9 Å². The summed E-state index contributed by atoms with van der Waals surface area (Å²) in [4.78, 5) is 0. The van der Waals surface area contributed by atoms with Gasteiger partial charge >= 0.3 is 6.18 Å². The van der Waals surface area contributed by atoms with E-state index < -0.39 is 10.6 Å². The van der Waals surface area contributed by atoms with Gasteiger partial charge in [-0.25, -0.2) is 0 Å². The molecule has 0 fully saturated rings. The van der Waals surface area contributed by atoms with Gasteiger partial charge in [0.1, 0.15) is 0 Å². The highest BCUT2D eigenvalue weighted by Gasteiger charge is 2.51. The van der Waals surface area contributed by atoms with Gasteiger partial charge in [-0.3, -0.25) is 0 Å². The summed E-state index contributed by atoms with van der Waals surface area (Å²) < 4.78 is 34.8. The van der Waals surface area contributed by atoms with Crippen LogP contribution in [-0.2, 0) is 0 Å². The van der Waals surface area contributed by atoms with Gasteiger partial charge in [0.2, 0.25) is 4.45 Å². The minimum atomic E-state index is -4.33. The lowest BCUT2D eigenvalue weighted by Crippen LogP contribution is -2.49. The zero-order valence-electron chi connectivity index (χ0n) is 6.24. The Labute approximate surface area is 76.5 Å². The highest BCUT2D eigenvalue weighted by atomic mass is 79.9. The van der Waals surface area contributed by atoms with Gasteiger partial charge in [0.25, 0.3) is 0 Å². The first-order valence-corrected chi connectivity index (χ1v) is 4.04. The molecule has 1 rings (SSSR count). The van der Waals surface area contributed by atoms with E-state index >= 15 is 0 Å². The molecule has 0 spiro atoms. The van der Waals surface area contributed by atoms with Crippen molar-refractivity contribution in [3.63, 3.8) is 0 Å². The van der Waals surface area contributed by atoms with Crippen molar-refractivity contribution < 1.29 is 13.2 Å². The summed E-state index contributed by atoms with van der Waals surface area (Å²) in [7, 11) is 0. The van der Waals surface area contributed by atoms with Crippen molar-refractivity contribution in [3.05, 3.63) is 23.9 Å². The third-order valence-electron chi connectivity index (χ3n) is 1.48. The molecule has 68 valence electrons. The lowest BCUT2D eigenvalue weighted by molar-refractivity contribution is -0.150. The molecule has 0 aromatic heterocycles. The van der Waals surface area contributed by atoms with Crippen LogP contribution in [0.5, 0.6) is 0 Å². The van der Waals surface area contributed by atoms with Crippen LogP contribution in [0.25, 0.3) is 0 Å². The van der Waals surface area contributed by atoms with Crippen molar-refractivity contribution in [2.75, 3.05) is 0 Å². The maximum Gasteiger partial charge on any atom is 0.425 e. The summed E-state index contributed by atoms with van der Waals surface area (Å²) in [6.45, 7) is 1.61. The van der Waals surface area contributed by atoms with E-state index in [2.05, 4.69) is 21.2 Å². The van der Waals surface area contributed by atoms with Gasteiger partial charge in [0.05, 0.1) is 0 Å². The predicted octanol–water partition coefficient (Wildman–Crippen LogP) is 2.70. The molecule has 0 saturated carbocycles. The van der Waals surface area contributed by atoms with E-state index in [1.54, 1.807) is 13.0 Å². The predicted molar refractivity (Wildman–Crippen MR) is 43.7 cm³/mol. The molecule has 0 aromatic rings. The van der Waals surface area contributed by atoms with Gasteiger partial charge in [0.15, 0.2) is 0 Å². The molecule has 1 heterocycles. The largest absolute Gasteiger partial charge is 0.425 e. The zero-order chi connectivity index (χ0) is 9.41. The standard InChI is InChI=1S/C7H7BrF3N/c1-5-2-3-12-6(8,4-5)7(9,10)11/h2-4,12H,1H3. The summed E-state index contributed by atoms with van der Waals surface area (Å²) in [6.07, 6.45) is -0.394. The normalized spacial score (nSPS) is 29.6. The summed E-state index contributed by atoms with van der Waals surface area (Å²) in [5.74, 6) is 0. The molecule has 1 aliphatic rings. The maximum absolute atomic E-state index is 12.3. The summed E-state index contributed by atoms with van der Waals surface area (Å²) in [6, 6.07) is 0. The van der Waals surface area contributed by atoms with Crippen molar-refractivity contribution in [3.8, 4) is 0 Å². The van der Waals surface area contributed by atoms with E-state index in [9.17, 15) is 13.2 Å². The smallest absolute Gasteiger partial charge is 0.366 e. The number of alkyl halides is 4. The van der Waals surface area contributed by atoms with Crippen LogP contribution in [0, 0.1) is 0 Å². The Kier molecular flexibility index (Phi) is 2.25. The number of dihydropyridines is 1. The van der Waals surface area contributed by atoms with Gasteiger partial charge in [-0.2, -0.15) is 13.2 Å². The third-order valence-corrected chi connectivity index (χ3v) is 2.39. The van der Waals surface area contributed by atoms with Crippen LogP contribution < -0.4 is 5.32 Å². The lowest BCUT2D eigenvalue weighted by Gasteiger charge is -2.29. The number of nitrogens with one attached hydrogen (secondary N) is 1. The van der Waals surface area contributed by atoms with E-state index in [0.717, 1.165) is 6.08 Å². The van der Waals surface area contributed by atoms with Gasteiger partial charge in [-0.1, -0.05) is 5.57 Å². The van der Waals surface area contributed by atoms with Crippen molar-refractivity contribution in [1.29, 1.82) is 0 Å². The first-order valence-electron chi connectivity index (χ1n) is 3.24. The Morgan fingerprint density at radius 2 is 2.08 bits per heavy atom. The fourth-order valence-corrected chi connectivity index (χ4v) is 1.35. The number of rotatable bonds is 0. The molecule has 5 heteroatoms. The van der Waals surface area contributed by atoms with E-state index in [-0.39, 0.29) is 0 Å². The van der Waals surface area contributed by atoms with Gasteiger partial charge < -0.3 is 5.32 Å². The molecular formula is C7H7BrF3N. The first kappa shape index (κ1) is 9.64. The number of halogens is 4. The van der Waals surface area contributed by atoms with Crippen LogP contribution in [0.1, 0.15) is 6.92 Å². The van der Waals surface area contributed by atoms with Crippen LogP contribution in [0.15, 0.2) is 23.9 Å². The second-order valence-corrected chi connectivity index (χ2v) is 3.83. The van der Waals surface area contributed by atoms with Crippen molar-refractivity contribution in [2.45, 2.75) is 17.5 Å². The van der Waals surface area contributed by atoms with Crippen molar-refractivity contribution in [1.82, 2.24) is 5.32 Å². The number of allylic oxidation sites excluding steroid dienone is 2. The van der Waals surface area contributed by atoms with E-state index in [1.165, 1.54) is 6.20 Å². The Balaban J connectivity index is 2.95. The first-order chi connectivity index (χ1) is 5.35. The van der Waals surface area contributed by atoms with Gasteiger partial charge in [0, 0.05) is 0 Å². The fraction of sp³-hybridized carbons (Fsp3) is 0.429. The van der Waals surface area contributed by atoms with Gasteiger partial charge in [-0.05, 0) is 41.2 Å². The highest BCUT2D eigenvalue weighted by Crippen LogP contribution is 2.38. The summed E-state index contributed by atoms with van der Waals surface area (Å²) >= 11 is 2.59. The summed E-state index contributed by atoms with van der Waals surface area (Å²) in [5.41, 5.74) is 0.572. The SMILES string of the molecule is CC1=CC(Br)(C(F)(F)F)NC=C1. The minimum absolute atomic E-state index is 0.572. The summed E-state index contributed by atoms with van der Waals surface area (Å²) in [5, 5.41) is 2.20. The van der Waals surface area contributed by atoms with E-state index in [0.29, 0.717) is 5.57 Å². The second-order valence-electron chi connectivity index (χ2n) is 2.58.